The van der Waals surface area contributed by atoms with Crippen LogP contribution in [0.3, 0.4) is 0 Å². The van der Waals surface area contributed by atoms with Crippen LogP contribution in [0.4, 0.5) is 0 Å². The molecule has 1 rings (SSSR count). The van der Waals surface area contributed by atoms with Crippen molar-refractivity contribution in [1.29, 1.82) is 0 Å². The van der Waals surface area contributed by atoms with E-state index in [0.717, 1.165) is 12.8 Å². The molecule has 0 radical (unpaired) electrons. The van der Waals surface area contributed by atoms with Crippen LogP contribution in [0.15, 0.2) is 9.59 Å². The predicted octanol–water partition coefficient (Wildman–Crippen LogP) is 0.487. The summed E-state index contributed by atoms with van der Waals surface area (Å²) in [5.74, 6) is 0.104. The van der Waals surface area contributed by atoms with Crippen molar-refractivity contribution in [2.24, 2.45) is 0 Å². The van der Waals surface area contributed by atoms with E-state index < -0.39 is 10.9 Å². The Kier molecular flexibility index (Phi) is 4.98. The summed E-state index contributed by atoms with van der Waals surface area (Å²) in [4.78, 5) is 22.3. The highest BCUT2D eigenvalue weighted by atomic mass is 16.5. The number of hydrogen-bond acceptors (Lipinski definition) is 5. The number of rotatable bonds is 8. The van der Waals surface area contributed by atoms with Crippen molar-refractivity contribution in [1.82, 2.24) is 0 Å². The molecule has 90 valence electrons. The summed E-state index contributed by atoms with van der Waals surface area (Å²) in [5, 5.41) is 0. The molecule has 0 saturated carbocycles. The van der Waals surface area contributed by atoms with Crippen LogP contribution >= 0.6 is 0 Å². The molecule has 0 aliphatic carbocycles. The topological polar surface area (TPSA) is 61.8 Å². The maximum Gasteiger partial charge on any atom is 0.275 e. The van der Waals surface area contributed by atoms with Gasteiger partial charge in [-0.1, -0.05) is 13.3 Å². The van der Waals surface area contributed by atoms with Crippen molar-refractivity contribution in [3.8, 4) is 11.5 Å². The third kappa shape index (κ3) is 2.82. The van der Waals surface area contributed by atoms with Gasteiger partial charge in [0.05, 0.1) is 13.2 Å². The molecule has 0 atom stereocenters. The summed E-state index contributed by atoms with van der Waals surface area (Å²) in [6, 6.07) is 0. The summed E-state index contributed by atoms with van der Waals surface area (Å²) in [6.45, 7) is 3.06. The highest BCUT2D eigenvalue weighted by Crippen LogP contribution is 2.20. The quantitative estimate of drug-likeness (QED) is 0.478. The SMILES string of the molecule is CCCCOc1c(OCCOC)c(=O)c1=O. The molecule has 0 bridgehead atoms. The molecule has 0 heterocycles. The molecule has 0 saturated heterocycles. The van der Waals surface area contributed by atoms with Crippen molar-refractivity contribution >= 4 is 0 Å². The average molecular weight is 228 g/mol. The molecule has 5 heteroatoms. The number of hydrogen-bond donors (Lipinski definition) is 0. The number of ether oxygens (including phenoxy) is 3. The Bertz CT molecular complexity index is 351. The first-order valence-corrected chi connectivity index (χ1v) is 5.30. The molecule has 0 aliphatic rings. The van der Waals surface area contributed by atoms with Gasteiger partial charge in [-0.2, -0.15) is 0 Å². The Balaban J connectivity index is 2.52. The van der Waals surface area contributed by atoms with E-state index in [2.05, 4.69) is 0 Å². The Labute approximate surface area is 93.6 Å². The summed E-state index contributed by atoms with van der Waals surface area (Å²) in [6.07, 6.45) is 1.81. The molecule has 0 amide bonds. The maximum absolute atomic E-state index is 11.2. The van der Waals surface area contributed by atoms with Crippen molar-refractivity contribution in [3.05, 3.63) is 20.4 Å². The third-order valence-electron chi connectivity index (χ3n) is 2.10. The van der Waals surface area contributed by atoms with Crippen LogP contribution in [-0.4, -0.2) is 26.9 Å². The minimum Gasteiger partial charge on any atom is -0.486 e. The molecular formula is C11H16O5. The normalized spacial score (nSPS) is 10.6. The fourth-order valence-electron chi connectivity index (χ4n) is 1.16. The van der Waals surface area contributed by atoms with Crippen LogP contribution in [-0.2, 0) is 4.74 Å². The van der Waals surface area contributed by atoms with Crippen LogP contribution in [0.2, 0.25) is 0 Å². The Morgan fingerprint density at radius 2 is 1.50 bits per heavy atom. The fraction of sp³-hybridized carbons (Fsp3) is 0.636. The zero-order valence-electron chi connectivity index (χ0n) is 9.58. The van der Waals surface area contributed by atoms with Crippen LogP contribution in [0, 0.1) is 0 Å². The van der Waals surface area contributed by atoms with Gasteiger partial charge in [-0.15, -0.1) is 0 Å². The van der Waals surface area contributed by atoms with E-state index in [9.17, 15) is 9.59 Å². The molecule has 5 nitrogen and oxygen atoms in total. The van der Waals surface area contributed by atoms with Gasteiger partial charge >= 0.3 is 0 Å². The first kappa shape index (κ1) is 12.7. The molecular weight excluding hydrogens is 212 g/mol. The summed E-state index contributed by atoms with van der Waals surface area (Å²) < 4.78 is 15.1. The molecule has 0 unspecified atom stereocenters. The summed E-state index contributed by atoms with van der Waals surface area (Å²) in [5.41, 5.74) is -1.20. The van der Waals surface area contributed by atoms with Gasteiger partial charge in [-0.05, 0) is 6.42 Å². The Morgan fingerprint density at radius 1 is 0.938 bits per heavy atom. The second-order valence-electron chi connectivity index (χ2n) is 3.36. The summed E-state index contributed by atoms with van der Waals surface area (Å²) in [7, 11) is 1.53. The molecule has 0 N–H and O–H groups in total. The van der Waals surface area contributed by atoms with Crippen molar-refractivity contribution in [2.75, 3.05) is 26.9 Å². The highest BCUT2D eigenvalue weighted by Gasteiger charge is 2.24. The highest BCUT2D eigenvalue weighted by molar-refractivity contribution is 5.45. The van der Waals surface area contributed by atoms with E-state index in [-0.39, 0.29) is 18.1 Å². The minimum atomic E-state index is -0.609. The standard InChI is InChI=1S/C11H16O5/c1-3-4-5-15-10-8(12)9(13)11(10)16-7-6-14-2/h3-7H2,1-2H3. The van der Waals surface area contributed by atoms with Gasteiger partial charge in [0.2, 0.25) is 11.5 Å². The number of unbranched alkanes of at least 4 members (excludes halogenated alkanes) is 1. The zero-order valence-corrected chi connectivity index (χ0v) is 9.58. The Hall–Kier alpha value is -1.36. The summed E-state index contributed by atoms with van der Waals surface area (Å²) >= 11 is 0. The fourth-order valence-corrected chi connectivity index (χ4v) is 1.16. The van der Waals surface area contributed by atoms with Crippen LogP contribution < -0.4 is 20.3 Å². The van der Waals surface area contributed by atoms with Gasteiger partial charge in [0, 0.05) is 7.11 Å². The van der Waals surface area contributed by atoms with Gasteiger partial charge in [0.1, 0.15) is 6.61 Å². The zero-order chi connectivity index (χ0) is 12.0. The van der Waals surface area contributed by atoms with E-state index in [4.69, 9.17) is 14.2 Å². The van der Waals surface area contributed by atoms with Gasteiger partial charge in [-0.25, -0.2) is 0 Å². The molecule has 0 aliphatic heterocycles. The van der Waals surface area contributed by atoms with Crippen molar-refractivity contribution in [2.45, 2.75) is 19.8 Å². The van der Waals surface area contributed by atoms with E-state index in [1.54, 1.807) is 0 Å². The lowest BCUT2D eigenvalue weighted by Crippen LogP contribution is -2.34. The second-order valence-corrected chi connectivity index (χ2v) is 3.36. The van der Waals surface area contributed by atoms with E-state index in [1.165, 1.54) is 7.11 Å². The molecule has 0 aromatic heterocycles. The lowest BCUT2D eigenvalue weighted by atomic mass is 10.2. The Morgan fingerprint density at radius 3 is 2.00 bits per heavy atom. The third-order valence-corrected chi connectivity index (χ3v) is 2.10. The van der Waals surface area contributed by atoms with Crippen molar-refractivity contribution in [3.63, 3.8) is 0 Å². The largest absolute Gasteiger partial charge is 0.486 e. The first-order chi connectivity index (χ1) is 7.72. The first-order valence-electron chi connectivity index (χ1n) is 5.30. The molecule has 1 aromatic carbocycles. The van der Waals surface area contributed by atoms with Crippen LogP contribution in [0.25, 0.3) is 0 Å². The predicted molar refractivity (Wildman–Crippen MR) is 59.1 cm³/mol. The van der Waals surface area contributed by atoms with E-state index >= 15 is 0 Å². The van der Waals surface area contributed by atoms with E-state index in [1.807, 2.05) is 6.92 Å². The molecule has 0 spiro atoms. The van der Waals surface area contributed by atoms with E-state index in [0.29, 0.717) is 13.2 Å². The lowest BCUT2D eigenvalue weighted by Gasteiger charge is -2.12. The van der Waals surface area contributed by atoms with Crippen molar-refractivity contribution < 1.29 is 14.2 Å². The monoisotopic (exact) mass is 228 g/mol. The number of methoxy groups -OCH3 is 1. The van der Waals surface area contributed by atoms with Gasteiger partial charge in [0.15, 0.2) is 0 Å². The second kappa shape index (κ2) is 6.27. The van der Waals surface area contributed by atoms with Crippen LogP contribution in [0.1, 0.15) is 19.8 Å². The smallest absolute Gasteiger partial charge is 0.275 e. The van der Waals surface area contributed by atoms with Gasteiger partial charge in [-0.3, -0.25) is 9.59 Å². The van der Waals surface area contributed by atoms with Crippen LogP contribution in [0.5, 0.6) is 11.5 Å². The maximum atomic E-state index is 11.2. The molecule has 0 fully saturated rings. The van der Waals surface area contributed by atoms with Gasteiger partial charge in [0.25, 0.3) is 10.9 Å². The lowest BCUT2D eigenvalue weighted by molar-refractivity contribution is 0.141. The van der Waals surface area contributed by atoms with Gasteiger partial charge < -0.3 is 14.2 Å². The molecule has 1 aromatic rings. The average Bonchev–Trinajstić information content (AvgIpc) is 2.31. The minimum absolute atomic E-state index is 0.0400. The molecule has 16 heavy (non-hydrogen) atoms.